The molecule has 0 radical (unpaired) electrons. The fourth-order valence-corrected chi connectivity index (χ4v) is 1.17. The minimum Gasteiger partial charge on any atom is -0.468 e. The van der Waals surface area contributed by atoms with Crippen molar-refractivity contribution in [2.45, 2.75) is 6.92 Å². The maximum atomic E-state index is 11.8. The van der Waals surface area contributed by atoms with E-state index in [-0.39, 0.29) is 24.1 Å². The van der Waals surface area contributed by atoms with E-state index in [1.54, 1.807) is 6.92 Å². The molecule has 0 fully saturated rings. The highest BCUT2D eigenvalue weighted by atomic mass is 16.5. The van der Waals surface area contributed by atoms with Crippen LogP contribution in [-0.2, 0) is 11.8 Å². The Hall–Kier alpha value is -2.25. The van der Waals surface area contributed by atoms with E-state index in [9.17, 15) is 9.59 Å². The average Bonchev–Trinajstić information content (AvgIpc) is 2.29. The molecule has 3 N–H and O–H groups in total. The Bertz CT molecular complexity index is 483. The molecule has 1 aromatic rings. The fourth-order valence-electron chi connectivity index (χ4n) is 1.17. The zero-order valence-corrected chi connectivity index (χ0v) is 9.81. The predicted molar refractivity (Wildman–Crippen MR) is 61.1 cm³/mol. The van der Waals surface area contributed by atoms with Crippen molar-refractivity contribution in [3.8, 4) is 6.01 Å². The first-order valence-electron chi connectivity index (χ1n) is 4.85. The van der Waals surface area contributed by atoms with Gasteiger partial charge in [0.2, 0.25) is 0 Å². The number of nitrogens with one attached hydrogen (secondary N) is 1. The van der Waals surface area contributed by atoms with Crippen LogP contribution in [0.2, 0.25) is 0 Å². The molecule has 0 aliphatic rings. The van der Waals surface area contributed by atoms with Crippen molar-refractivity contribution in [2.24, 2.45) is 7.05 Å². The van der Waals surface area contributed by atoms with E-state index in [1.165, 1.54) is 14.2 Å². The number of methoxy groups -OCH3 is 1. The largest absolute Gasteiger partial charge is 0.468 e. The standard InChI is InChI=1S/C9H14N4O4/c1-4-17-9(15)11-5-6(10)12-8(16-3)13(2)7(5)14/h4,10H2,1-3H3,(H,11,15). The van der Waals surface area contributed by atoms with E-state index in [0.717, 1.165) is 4.57 Å². The first-order valence-corrected chi connectivity index (χ1v) is 4.85. The Morgan fingerprint density at radius 2 is 2.24 bits per heavy atom. The van der Waals surface area contributed by atoms with E-state index in [4.69, 9.17) is 10.5 Å². The van der Waals surface area contributed by atoms with Crippen LogP contribution in [0.3, 0.4) is 0 Å². The summed E-state index contributed by atoms with van der Waals surface area (Å²) in [6.07, 6.45) is -0.761. The quantitative estimate of drug-likeness (QED) is 0.768. The Balaban J connectivity index is 3.13. The van der Waals surface area contributed by atoms with Crippen LogP contribution in [0.15, 0.2) is 4.79 Å². The normalized spacial score (nSPS) is 9.82. The summed E-state index contributed by atoms with van der Waals surface area (Å²) in [5.41, 5.74) is 4.88. The molecule has 0 unspecified atom stereocenters. The maximum Gasteiger partial charge on any atom is 0.411 e. The van der Waals surface area contributed by atoms with Gasteiger partial charge < -0.3 is 15.2 Å². The van der Waals surface area contributed by atoms with Gasteiger partial charge in [0.15, 0.2) is 11.5 Å². The predicted octanol–water partition coefficient (Wildman–Crippen LogP) is -0.0605. The van der Waals surface area contributed by atoms with Crippen molar-refractivity contribution in [1.29, 1.82) is 0 Å². The van der Waals surface area contributed by atoms with Crippen molar-refractivity contribution in [2.75, 3.05) is 24.8 Å². The second kappa shape index (κ2) is 5.19. The molecule has 0 aliphatic heterocycles. The van der Waals surface area contributed by atoms with E-state index < -0.39 is 11.7 Å². The molecule has 8 nitrogen and oxygen atoms in total. The molecule has 0 atom stereocenters. The molecule has 17 heavy (non-hydrogen) atoms. The molecule has 0 saturated carbocycles. The van der Waals surface area contributed by atoms with E-state index in [0.29, 0.717) is 0 Å². The van der Waals surface area contributed by atoms with Crippen molar-refractivity contribution >= 4 is 17.6 Å². The molecule has 0 aromatic carbocycles. The number of aromatic nitrogens is 2. The van der Waals surface area contributed by atoms with Crippen LogP contribution in [0.5, 0.6) is 6.01 Å². The molecule has 0 aliphatic carbocycles. The molecule has 1 heterocycles. The monoisotopic (exact) mass is 242 g/mol. The smallest absolute Gasteiger partial charge is 0.411 e. The number of carbonyl (C=O) groups is 1. The Labute approximate surface area is 97.3 Å². The number of carbonyl (C=O) groups excluding carboxylic acids is 1. The van der Waals surface area contributed by atoms with Crippen LogP contribution in [0.25, 0.3) is 0 Å². The van der Waals surface area contributed by atoms with Crippen LogP contribution in [0.4, 0.5) is 16.3 Å². The summed E-state index contributed by atoms with van der Waals surface area (Å²) >= 11 is 0. The zero-order chi connectivity index (χ0) is 13.0. The summed E-state index contributed by atoms with van der Waals surface area (Å²) in [6.45, 7) is 1.84. The third-order valence-electron chi connectivity index (χ3n) is 1.96. The topological polar surface area (TPSA) is 108 Å². The number of nitrogen functional groups attached to an aromatic ring is 1. The molecule has 0 bridgehead atoms. The molecule has 1 aromatic heterocycles. The van der Waals surface area contributed by atoms with Gasteiger partial charge in [0.05, 0.1) is 13.7 Å². The van der Waals surface area contributed by atoms with Crippen LogP contribution in [0, 0.1) is 0 Å². The molecule has 8 heteroatoms. The lowest BCUT2D eigenvalue weighted by molar-refractivity contribution is 0.168. The van der Waals surface area contributed by atoms with Crippen LogP contribution in [-0.4, -0.2) is 29.4 Å². The van der Waals surface area contributed by atoms with Gasteiger partial charge in [0.25, 0.3) is 5.56 Å². The summed E-state index contributed by atoms with van der Waals surface area (Å²) in [7, 11) is 2.81. The number of hydrogen-bond donors (Lipinski definition) is 2. The third-order valence-corrected chi connectivity index (χ3v) is 1.96. The van der Waals surface area contributed by atoms with Crippen molar-refractivity contribution in [3.63, 3.8) is 0 Å². The van der Waals surface area contributed by atoms with Gasteiger partial charge in [-0.2, -0.15) is 4.98 Å². The zero-order valence-electron chi connectivity index (χ0n) is 9.81. The molecular formula is C9H14N4O4. The van der Waals surface area contributed by atoms with Gasteiger partial charge in [-0.1, -0.05) is 0 Å². The molecule has 94 valence electrons. The lowest BCUT2D eigenvalue weighted by atomic mass is 10.4. The Kier molecular flexibility index (Phi) is 3.91. The summed E-state index contributed by atoms with van der Waals surface area (Å²) in [6, 6.07) is 0.0573. The Morgan fingerprint density at radius 3 is 2.76 bits per heavy atom. The van der Waals surface area contributed by atoms with Crippen LogP contribution in [0.1, 0.15) is 6.92 Å². The Morgan fingerprint density at radius 1 is 1.59 bits per heavy atom. The van der Waals surface area contributed by atoms with E-state index in [1.807, 2.05) is 0 Å². The number of ether oxygens (including phenoxy) is 2. The number of rotatable bonds is 3. The molecular weight excluding hydrogens is 228 g/mol. The van der Waals surface area contributed by atoms with Gasteiger partial charge in [-0.25, -0.2) is 4.79 Å². The highest BCUT2D eigenvalue weighted by Gasteiger charge is 2.15. The van der Waals surface area contributed by atoms with Crippen LogP contribution >= 0.6 is 0 Å². The number of anilines is 2. The van der Waals surface area contributed by atoms with E-state index in [2.05, 4.69) is 15.0 Å². The van der Waals surface area contributed by atoms with Crippen molar-refractivity contribution in [3.05, 3.63) is 10.4 Å². The van der Waals surface area contributed by atoms with Crippen molar-refractivity contribution in [1.82, 2.24) is 9.55 Å². The first kappa shape index (κ1) is 12.8. The molecule has 0 saturated heterocycles. The second-order valence-corrected chi connectivity index (χ2v) is 3.07. The van der Waals surface area contributed by atoms with Gasteiger partial charge >= 0.3 is 12.1 Å². The van der Waals surface area contributed by atoms with Gasteiger partial charge in [0.1, 0.15) is 0 Å². The first-order chi connectivity index (χ1) is 8.01. The maximum absolute atomic E-state index is 11.8. The average molecular weight is 242 g/mol. The molecule has 1 rings (SSSR count). The fraction of sp³-hybridized carbons (Fsp3) is 0.444. The summed E-state index contributed by atoms with van der Waals surface area (Å²) in [5, 5.41) is 2.23. The SMILES string of the molecule is CCOC(=O)Nc1c(N)nc(OC)n(C)c1=O. The highest BCUT2D eigenvalue weighted by molar-refractivity contribution is 5.87. The molecule has 0 spiro atoms. The second-order valence-electron chi connectivity index (χ2n) is 3.07. The van der Waals surface area contributed by atoms with Gasteiger partial charge in [-0.05, 0) is 6.92 Å². The molecule has 1 amide bonds. The van der Waals surface area contributed by atoms with Crippen molar-refractivity contribution < 1.29 is 14.3 Å². The summed E-state index contributed by atoms with van der Waals surface area (Å²) in [5.74, 6) is -0.127. The van der Waals surface area contributed by atoms with Crippen LogP contribution < -0.4 is 21.3 Å². The van der Waals surface area contributed by atoms with Gasteiger partial charge in [0, 0.05) is 7.05 Å². The minimum atomic E-state index is -0.761. The lowest BCUT2D eigenvalue weighted by Crippen LogP contribution is -2.28. The summed E-state index contributed by atoms with van der Waals surface area (Å²) in [4.78, 5) is 26.8. The number of nitrogens with two attached hydrogens (primary N) is 1. The summed E-state index contributed by atoms with van der Waals surface area (Å²) < 4.78 is 10.6. The van der Waals surface area contributed by atoms with Gasteiger partial charge in [-0.15, -0.1) is 0 Å². The number of nitrogens with zero attached hydrogens (tertiary/aromatic N) is 2. The van der Waals surface area contributed by atoms with E-state index >= 15 is 0 Å². The number of hydrogen-bond acceptors (Lipinski definition) is 6. The third kappa shape index (κ3) is 2.65. The lowest BCUT2D eigenvalue weighted by Gasteiger charge is -2.11. The van der Waals surface area contributed by atoms with Gasteiger partial charge in [-0.3, -0.25) is 14.7 Å². The highest BCUT2D eigenvalue weighted by Crippen LogP contribution is 2.14. The number of amides is 1. The minimum absolute atomic E-state index is 0.0573.